The van der Waals surface area contributed by atoms with Gasteiger partial charge >= 0.3 is 0 Å². The molecule has 3 aromatic rings. The summed E-state index contributed by atoms with van der Waals surface area (Å²) in [5.41, 5.74) is 5.18. The fourth-order valence-corrected chi connectivity index (χ4v) is 5.92. The van der Waals surface area contributed by atoms with Gasteiger partial charge in [-0.05, 0) is 53.5 Å². The fourth-order valence-electron chi connectivity index (χ4n) is 5.92. The lowest BCUT2D eigenvalue weighted by atomic mass is 9.85. The Balaban J connectivity index is 1.42. The van der Waals surface area contributed by atoms with Crippen LogP contribution in [0.15, 0.2) is 103 Å². The molecule has 2 fully saturated rings. The molecule has 0 unspecified atom stereocenters. The highest BCUT2D eigenvalue weighted by molar-refractivity contribution is 6.23. The highest BCUT2D eigenvalue weighted by Gasteiger charge is 2.62. The van der Waals surface area contributed by atoms with Crippen LogP contribution in [0.4, 0.5) is 5.69 Å². The van der Waals surface area contributed by atoms with Gasteiger partial charge in [-0.2, -0.15) is 0 Å². The molecule has 1 aliphatic heterocycles. The Bertz CT molecular complexity index is 1230. The Morgan fingerprint density at radius 3 is 1.71 bits per heavy atom. The maximum absolute atomic E-state index is 13.7. The van der Waals surface area contributed by atoms with Crippen LogP contribution >= 0.6 is 0 Å². The van der Waals surface area contributed by atoms with Gasteiger partial charge in [0.15, 0.2) is 0 Å². The molecule has 1 saturated heterocycles. The zero-order chi connectivity index (χ0) is 23.2. The van der Waals surface area contributed by atoms with E-state index in [0.717, 1.165) is 22.4 Å². The van der Waals surface area contributed by atoms with E-state index in [1.165, 1.54) is 10.5 Å². The van der Waals surface area contributed by atoms with E-state index in [1.807, 2.05) is 55.5 Å². The third-order valence-electron chi connectivity index (χ3n) is 7.24. The van der Waals surface area contributed by atoms with Crippen LogP contribution in [0.1, 0.15) is 18.1 Å². The van der Waals surface area contributed by atoms with Gasteiger partial charge in [-0.1, -0.05) is 72.8 Å². The molecule has 0 radical (unpaired) electrons. The Kier molecular flexibility index (Phi) is 4.95. The highest BCUT2D eigenvalue weighted by atomic mass is 16.5. The number of imide groups is 1. The first-order valence-corrected chi connectivity index (χ1v) is 11.8. The largest absolute Gasteiger partial charge is 0.494 e. The van der Waals surface area contributed by atoms with Crippen LogP contribution in [0.5, 0.6) is 5.75 Å². The van der Waals surface area contributed by atoms with Crippen molar-refractivity contribution in [2.75, 3.05) is 11.5 Å². The van der Waals surface area contributed by atoms with Gasteiger partial charge in [0.1, 0.15) is 5.75 Å². The van der Waals surface area contributed by atoms with Crippen molar-refractivity contribution in [1.29, 1.82) is 0 Å². The summed E-state index contributed by atoms with van der Waals surface area (Å²) in [5, 5.41) is 0. The summed E-state index contributed by atoms with van der Waals surface area (Å²) in [7, 11) is 0. The number of anilines is 1. The molecule has 1 heterocycles. The average Bonchev–Trinajstić information content (AvgIpc) is 3.51. The quantitative estimate of drug-likeness (QED) is 0.383. The maximum Gasteiger partial charge on any atom is 0.238 e. The van der Waals surface area contributed by atoms with Gasteiger partial charge in [-0.15, -0.1) is 0 Å². The lowest BCUT2D eigenvalue weighted by Crippen LogP contribution is -2.33. The minimum absolute atomic E-state index is 0.0745. The number of nitrogens with zero attached hydrogens (tertiary/aromatic N) is 1. The third kappa shape index (κ3) is 3.06. The number of amides is 2. The molecule has 1 saturated carbocycles. The van der Waals surface area contributed by atoms with Gasteiger partial charge in [0.2, 0.25) is 11.8 Å². The molecule has 2 amide bonds. The van der Waals surface area contributed by atoms with Crippen molar-refractivity contribution in [2.45, 2.75) is 6.92 Å². The van der Waals surface area contributed by atoms with Crippen molar-refractivity contribution >= 4 is 23.1 Å². The number of carbonyl (C=O) groups excluding carboxylic acids is 2. The first kappa shape index (κ1) is 20.7. The van der Waals surface area contributed by atoms with Crippen molar-refractivity contribution in [3.63, 3.8) is 0 Å². The number of hydrogen-bond acceptors (Lipinski definition) is 3. The van der Waals surface area contributed by atoms with Gasteiger partial charge < -0.3 is 4.74 Å². The number of allylic oxidation sites excluding steroid dienone is 3. The number of benzene rings is 3. The van der Waals surface area contributed by atoms with Crippen LogP contribution in [0, 0.1) is 23.7 Å². The molecule has 3 aliphatic rings. The lowest BCUT2D eigenvalue weighted by Gasteiger charge is -2.21. The number of rotatable bonds is 5. The van der Waals surface area contributed by atoms with Gasteiger partial charge in [0, 0.05) is 11.8 Å². The molecule has 0 aromatic heterocycles. The van der Waals surface area contributed by atoms with E-state index in [4.69, 9.17) is 4.74 Å². The van der Waals surface area contributed by atoms with Crippen LogP contribution in [0.2, 0.25) is 0 Å². The summed E-state index contributed by atoms with van der Waals surface area (Å²) < 4.78 is 5.52. The number of ether oxygens (including phenoxy) is 1. The molecule has 4 atom stereocenters. The second-order valence-electron chi connectivity index (χ2n) is 8.99. The second kappa shape index (κ2) is 8.14. The Hall–Kier alpha value is -3.92. The van der Waals surface area contributed by atoms with Crippen molar-refractivity contribution in [3.8, 4) is 5.75 Å². The summed E-state index contributed by atoms with van der Waals surface area (Å²) in [6.45, 7) is 2.50. The summed E-state index contributed by atoms with van der Waals surface area (Å²) in [5.74, 6) is -0.335. The van der Waals surface area contributed by atoms with Crippen molar-refractivity contribution < 1.29 is 14.3 Å². The molecule has 2 bridgehead atoms. The smallest absolute Gasteiger partial charge is 0.238 e. The fraction of sp³-hybridized carbons (Fsp3) is 0.200. The number of hydrogen-bond donors (Lipinski definition) is 0. The van der Waals surface area contributed by atoms with E-state index >= 15 is 0 Å². The predicted octanol–water partition coefficient (Wildman–Crippen LogP) is 5.51. The van der Waals surface area contributed by atoms with Crippen molar-refractivity contribution in [3.05, 3.63) is 114 Å². The van der Waals surface area contributed by atoms with E-state index in [-0.39, 0.29) is 35.5 Å². The molecule has 3 aromatic carbocycles. The zero-order valence-corrected chi connectivity index (χ0v) is 18.9. The Morgan fingerprint density at radius 1 is 0.735 bits per heavy atom. The van der Waals surface area contributed by atoms with Gasteiger partial charge in [-0.25, -0.2) is 4.90 Å². The predicted molar refractivity (Wildman–Crippen MR) is 132 cm³/mol. The first-order valence-electron chi connectivity index (χ1n) is 11.8. The third-order valence-corrected chi connectivity index (χ3v) is 7.24. The number of fused-ring (bicyclic) bond motifs is 5. The summed E-state index contributed by atoms with van der Waals surface area (Å²) in [4.78, 5) is 28.7. The van der Waals surface area contributed by atoms with Crippen LogP contribution < -0.4 is 9.64 Å². The standard InChI is InChI=1S/C30H25NO3/c1-2-34-22-15-13-21(14-16-22)31-29(32)27-23-17-18-24(28(27)30(31)33)26(23)25(19-9-5-3-6-10-19)20-11-7-4-8-12-20/h3-18,23-24,27-28H,2H2,1H3/t23-,24-,27-,28+/m0/s1. The molecule has 34 heavy (non-hydrogen) atoms. The van der Waals surface area contributed by atoms with E-state index in [9.17, 15) is 9.59 Å². The molecule has 2 aliphatic carbocycles. The molecule has 4 nitrogen and oxygen atoms in total. The molecular formula is C30H25NO3. The maximum atomic E-state index is 13.7. The molecule has 168 valence electrons. The minimum atomic E-state index is -0.355. The Morgan fingerprint density at radius 2 is 1.24 bits per heavy atom. The summed E-state index contributed by atoms with van der Waals surface area (Å²) in [6.07, 6.45) is 4.28. The zero-order valence-electron chi connectivity index (χ0n) is 18.9. The molecule has 0 N–H and O–H groups in total. The van der Waals surface area contributed by atoms with E-state index in [1.54, 1.807) is 12.1 Å². The van der Waals surface area contributed by atoms with Crippen molar-refractivity contribution in [1.82, 2.24) is 0 Å². The SMILES string of the molecule is CCOc1ccc(N2C(=O)[C@@H]3[C@H](C2=O)[C@H]2C=C[C@H]3C2=C(c2ccccc2)c2ccccc2)cc1. The first-order chi connectivity index (χ1) is 16.7. The molecule has 0 spiro atoms. The van der Waals surface area contributed by atoms with E-state index in [0.29, 0.717) is 12.3 Å². The van der Waals surface area contributed by atoms with E-state index < -0.39 is 0 Å². The highest BCUT2D eigenvalue weighted by Crippen LogP contribution is 2.58. The Labute approximate surface area is 199 Å². The van der Waals surface area contributed by atoms with Crippen LogP contribution in [-0.4, -0.2) is 18.4 Å². The summed E-state index contributed by atoms with van der Waals surface area (Å²) >= 11 is 0. The van der Waals surface area contributed by atoms with Gasteiger partial charge in [0.05, 0.1) is 24.1 Å². The number of carbonyl (C=O) groups is 2. The monoisotopic (exact) mass is 447 g/mol. The van der Waals surface area contributed by atoms with E-state index in [2.05, 4.69) is 36.4 Å². The van der Waals surface area contributed by atoms with Crippen molar-refractivity contribution in [2.24, 2.45) is 23.7 Å². The lowest BCUT2D eigenvalue weighted by molar-refractivity contribution is -0.122. The molecule has 4 heteroatoms. The van der Waals surface area contributed by atoms with Gasteiger partial charge in [-0.3, -0.25) is 9.59 Å². The normalized spacial score (nSPS) is 24.6. The second-order valence-corrected chi connectivity index (χ2v) is 8.99. The minimum Gasteiger partial charge on any atom is -0.494 e. The van der Waals surface area contributed by atoms with Crippen LogP contribution in [0.3, 0.4) is 0 Å². The average molecular weight is 448 g/mol. The molecule has 6 rings (SSSR count). The topological polar surface area (TPSA) is 46.6 Å². The summed E-state index contributed by atoms with van der Waals surface area (Å²) in [6, 6.07) is 27.8. The van der Waals surface area contributed by atoms with Crippen LogP contribution in [-0.2, 0) is 9.59 Å². The van der Waals surface area contributed by atoms with Gasteiger partial charge in [0.25, 0.3) is 0 Å². The van der Waals surface area contributed by atoms with Crippen LogP contribution in [0.25, 0.3) is 5.57 Å². The molecular weight excluding hydrogens is 422 g/mol.